The van der Waals surface area contributed by atoms with E-state index in [1.54, 1.807) is 6.07 Å². The molecule has 0 spiro atoms. The van der Waals surface area contributed by atoms with Crippen LogP contribution in [0.15, 0.2) is 24.3 Å². The van der Waals surface area contributed by atoms with E-state index in [1.165, 1.54) is 31.7 Å². The molecule has 0 saturated heterocycles. The second kappa shape index (κ2) is 8.50. The second-order valence-corrected chi connectivity index (χ2v) is 5.96. The fourth-order valence-electron chi connectivity index (χ4n) is 3.34. The van der Waals surface area contributed by atoms with E-state index >= 15 is 0 Å². The number of halogens is 1. The summed E-state index contributed by atoms with van der Waals surface area (Å²) in [5.41, 5.74) is 0.711. The molecule has 1 fully saturated rings. The molecule has 1 aromatic rings. The van der Waals surface area contributed by atoms with Gasteiger partial charge >= 0.3 is 0 Å². The lowest BCUT2D eigenvalue weighted by Crippen LogP contribution is -2.32. The van der Waals surface area contributed by atoms with Crippen molar-refractivity contribution in [3.05, 3.63) is 35.6 Å². The van der Waals surface area contributed by atoms with Crippen LogP contribution >= 0.6 is 0 Å². The number of hydrogen-bond acceptors (Lipinski definition) is 2. The summed E-state index contributed by atoms with van der Waals surface area (Å²) in [7, 11) is 0. The van der Waals surface area contributed by atoms with Crippen LogP contribution in [0.4, 0.5) is 4.39 Å². The van der Waals surface area contributed by atoms with E-state index in [0.29, 0.717) is 24.2 Å². The summed E-state index contributed by atoms with van der Waals surface area (Å²) in [6.45, 7) is 5.65. The molecule has 118 valence electrons. The van der Waals surface area contributed by atoms with Gasteiger partial charge in [0.1, 0.15) is 5.82 Å². The normalized spacial score (nSPS) is 24.0. The minimum atomic E-state index is -0.150. The summed E-state index contributed by atoms with van der Waals surface area (Å²) in [5, 5.41) is 3.35. The van der Waals surface area contributed by atoms with Gasteiger partial charge in [0, 0.05) is 5.56 Å². The maximum Gasteiger partial charge on any atom is 0.128 e. The Kier molecular flexibility index (Phi) is 6.65. The van der Waals surface area contributed by atoms with E-state index < -0.39 is 0 Å². The molecule has 0 bridgehead atoms. The van der Waals surface area contributed by atoms with Gasteiger partial charge in [0.25, 0.3) is 0 Å². The van der Waals surface area contributed by atoms with Crippen LogP contribution in [0.25, 0.3) is 0 Å². The van der Waals surface area contributed by atoms with E-state index in [0.717, 1.165) is 13.0 Å². The molecule has 3 heteroatoms. The molecule has 1 saturated carbocycles. The number of benzene rings is 1. The Bertz CT molecular complexity index is 423. The lowest BCUT2D eigenvalue weighted by molar-refractivity contribution is -0.0219. The number of likely N-dealkylation sites (N-methyl/N-ethyl adjacent to an activating group) is 1. The third kappa shape index (κ3) is 4.52. The van der Waals surface area contributed by atoms with E-state index in [-0.39, 0.29) is 11.9 Å². The Balaban J connectivity index is 1.98. The van der Waals surface area contributed by atoms with Crippen LogP contribution in [0.3, 0.4) is 0 Å². The molecule has 3 unspecified atom stereocenters. The van der Waals surface area contributed by atoms with Crippen molar-refractivity contribution in [3.63, 3.8) is 0 Å². The average molecular weight is 293 g/mol. The van der Waals surface area contributed by atoms with Gasteiger partial charge in [0.2, 0.25) is 0 Å². The first kappa shape index (κ1) is 16.4. The minimum Gasteiger partial charge on any atom is -0.376 e. The largest absolute Gasteiger partial charge is 0.376 e. The summed E-state index contributed by atoms with van der Waals surface area (Å²) < 4.78 is 20.2. The van der Waals surface area contributed by atoms with Crippen molar-refractivity contribution < 1.29 is 9.13 Å². The summed E-state index contributed by atoms with van der Waals surface area (Å²) in [6.07, 6.45) is 6.52. The van der Waals surface area contributed by atoms with Gasteiger partial charge < -0.3 is 10.1 Å². The monoisotopic (exact) mass is 293 g/mol. The molecule has 2 nitrogen and oxygen atoms in total. The third-order valence-corrected chi connectivity index (χ3v) is 4.57. The molecule has 1 aliphatic carbocycles. The molecular weight excluding hydrogens is 265 g/mol. The standard InChI is InChI=1S/C18H28FNO/c1-3-14-9-5-8-12-18(14)21-13-17(20-4-2)15-10-6-7-11-16(15)19/h6-7,10-11,14,17-18,20H,3-5,8-9,12-13H2,1-2H3. The molecule has 0 radical (unpaired) electrons. The molecule has 2 rings (SSSR count). The molecule has 21 heavy (non-hydrogen) atoms. The number of hydrogen-bond donors (Lipinski definition) is 1. The summed E-state index contributed by atoms with van der Waals surface area (Å²) in [5.74, 6) is 0.518. The van der Waals surface area contributed by atoms with Gasteiger partial charge in [0.05, 0.1) is 18.8 Å². The highest BCUT2D eigenvalue weighted by Crippen LogP contribution is 2.30. The SMILES string of the molecule is CCNC(COC1CCCCC1CC)c1ccccc1F. The van der Waals surface area contributed by atoms with Crippen LogP contribution in [-0.4, -0.2) is 19.3 Å². The minimum absolute atomic E-state index is 0.0596. The molecule has 0 aliphatic heterocycles. The van der Waals surface area contributed by atoms with Gasteiger partial charge in [-0.1, -0.05) is 51.3 Å². The Morgan fingerprint density at radius 2 is 2.00 bits per heavy atom. The van der Waals surface area contributed by atoms with Crippen LogP contribution in [-0.2, 0) is 4.74 Å². The van der Waals surface area contributed by atoms with E-state index in [2.05, 4.69) is 12.2 Å². The molecule has 1 aliphatic rings. The topological polar surface area (TPSA) is 21.3 Å². The summed E-state index contributed by atoms with van der Waals surface area (Å²) >= 11 is 0. The molecule has 1 aromatic carbocycles. The predicted molar refractivity (Wildman–Crippen MR) is 84.8 cm³/mol. The highest BCUT2D eigenvalue weighted by atomic mass is 19.1. The van der Waals surface area contributed by atoms with Crippen molar-refractivity contribution in [1.82, 2.24) is 5.32 Å². The number of rotatable bonds is 7. The summed E-state index contributed by atoms with van der Waals surface area (Å²) in [6, 6.07) is 6.93. The Morgan fingerprint density at radius 1 is 1.24 bits per heavy atom. The first-order valence-corrected chi connectivity index (χ1v) is 8.35. The van der Waals surface area contributed by atoms with Crippen molar-refractivity contribution in [2.45, 2.75) is 58.1 Å². The molecule has 0 heterocycles. The van der Waals surface area contributed by atoms with Crippen molar-refractivity contribution in [3.8, 4) is 0 Å². The van der Waals surface area contributed by atoms with Gasteiger partial charge in [-0.25, -0.2) is 4.39 Å². The molecule has 0 amide bonds. The smallest absolute Gasteiger partial charge is 0.128 e. The van der Waals surface area contributed by atoms with Crippen molar-refractivity contribution in [2.24, 2.45) is 5.92 Å². The van der Waals surface area contributed by atoms with Gasteiger partial charge in [0.15, 0.2) is 0 Å². The van der Waals surface area contributed by atoms with E-state index in [4.69, 9.17) is 4.74 Å². The zero-order valence-electron chi connectivity index (χ0n) is 13.3. The number of nitrogens with one attached hydrogen (secondary N) is 1. The molecule has 0 aromatic heterocycles. The summed E-state index contributed by atoms with van der Waals surface area (Å²) in [4.78, 5) is 0. The maximum atomic E-state index is 14.0. The third-order valence-electron chi connectivity index (χ3n) is 4.57. The van der Waals surface area contributed by atoms with Crippen molar-refractivity contribution >= 4 is 0 Å². The predicted octanol–water partition coefficient (Wildman–Crippen LogP) is 4.46. The highest BCUT2D eigenvalue weighted by Gasteiger charge is 2.25. The van der Waals surface area contributed by atoms with Crippen LogP contribution in [0.5, 0.6) is 0 Å². The maximum absolute atomic E-state index is 14.0. The van der Waals surface area contributed by atoms with Crippen LogP contribution in [0.1, 0.15) is 57.6 Å². The molecular formula is C18H28FNO. The van der Waals surface area contributed by atoms with Crippen molar-refractivity contribution in [2.75, 3.05) is 13.2 Å². The zero-order chi connectivity index (χ0) is 15.1. The fourth-order valence-corrected chi connectivity index (χ4v) is 3.34. The molecule has 3 atom stereocenters. The fraction of sp³-hybridized carbons (Fsp3) is 0.667. The second-order valence-electron chi connectivity index (χ2n) is 5.96. The van der Waals surface area contributed by atoms with Gasteiger partial charge in [-0.15, -0.1) is 0 Å². The number of ether oxygens (including phenoxy) is 1. The molecule has 1 N–H and O–H groups in total. The Hall–Kier alpha value is -0.930. The van der Waals surface area contributed by atoms with E-state index in [1.807, 2.05) is 19.1 Å². The first-order chi connectivity index (χ1) is 10.3. The Morgan fingerprint density at radius 3 is 2.71 bits per heavy atom. The van der Waals surface area contributed by atoms with Crippen LogP contribution in [0, 0.1) is 11.7 Å². The lowest BCUT2D eigenvalue weighted by Gasteiger charge is -2.32. The van der Waals surface area contributed by atoms with Gasteiger partial charge in [-0.05, 0) is 31.4 Å². The van der Waals surface area contributed by atoms with E-state index in [9.17, 15) is 4.39 Å². The van der Waals surface area contributed by atoms with Crippen LogP contribution in [0.2, 0.25) is 0 Å². The van der Waals surface area contributed by atoms with Crippen LogP contribution < -0.4 is 5.32 Å². The van der Waals surface area contributed by atoms with Crippen molar-refractivity contribution in [1.29, 1.82) is 0 Å². The average Bonchev–Trinajstić information content (AvgIpc) is 2.52. The lowest BCUT2D eigenvalue weighted by atomic mass is 9.85. The zero-order valence-corrected chi connectivity index (χ0v) is 13.3. The highest BCUT2D eigenvalue weighted by molar-refractivity contribution is 5.21. The van der Waals surface area contributed by atoms with Gasteiger partial charge in [-0.2, -0.15) is 0 Å². The first-order valence-electron chi connectivity index (χ1n) is 8.35. The van der Waals surface area contributed by atoms with Gasteiger partial charge in [-0.3, -0.25) is 0 Å². The Labute approximate surface area is 128 Å². The quantitative estimate of drug-likeness (QED) is 0.801.